The molecule has 0 aliphatic carbocycles. The van der Waals surface area contributed by atoms with Crippen LogP contribution in [0, 0.1) is 10.1 Å². The molecular weight excluding hydrogens is 372 g/mol. The number of hydrogen-bond donors (Lipinski definition) is 1. The van der Waals surface area contributed by atoms with Crippen molar-refractivity contribution in [1.29, 1.82) is 0 Å². The standard InChI is InChI=1S/C17H22N4O5S/c1-17(2,3)26-16(23)20-9-7-19(8-10-20)15(27)18-14(22)12-5-4-6-13(11-12)21(24)25/h4-6,11H,7-10H2,1-3H3,(H,18,22,27). The minimum Gasteiger partial charge on any atom is -0.444 e. The fourth-order valence-electron chi connectivity index (χ4n) is 2.43. The molecule has 1 fully saturated rings. The Morgan fingerprint density at radius 1 is 1.19 bits per heavy atom. The number of piperazine rings is 1. The molecule has 1 aromatic carbocycles. The second-order valence-electron chi connectivity index (χ2n) is 7.02. The first-order valence-corrected chi connectivity index (χ1v) is 8.80. The predicted octanol–water partition coefficient (Wildman–Crippen LogP) is 2.16. The van der Waals surface area contributed by atoms with E-state index < -0.39 is 16.4 Å². The summed E-state index contributed by atoms with van der Waals surface area (Å²) in [5.74, 6) is -0.515. The molecule has 1 aliphatic heterocycles. The third-order valence-corrected chi connectivity index (χ3v) is 4.12. The quantitative estimate of drug-likeness (QED) is 0.465. The fraction of sp³-hybridized carbons (Fsp3) is 0.471. The number of nitrogens with zero attached hydrogens (tertiary/aromatic N) is 3. The van der Waals surface area contributed by atoms with Crippen LogP contribution in [0.4, 0.5) is 10.5 Å². The van der Waals surface area contributed by atoms with E-state index in [2.05, 4.69) is 5.32 Å². The third kappa shape index (κ3) is 5.88. The number of carbonyl (C=O) groups is 2. The SMILES string of the molecule is CC(C)(C)OC(=O)N1CCN(C(=S)NC(=O)c2cccc([N+](=O)[O-])c2)CC1. The second kappa shape index (κ2) is 8.30. The highest BCUT2D eigenvalue weighted by Crippen LogP contribution is 2.14. The molecule has 0 spiro atoms. The van der Waals surface area contributed by atoms with E-state index in [0.29, 0.717) is 26.2 Å². The molecule has 0 atom stereocenters. The van der Waals surface area contributed by atoms with Gasteiger partial charge >= 0.3 is 6.09 Å². The van der Waals surface area contributed by atoms with Gasteiger partial charge in [-0.2, -0.15) is 0 Å². The molecule has 1 aliphatic rings. The van der Waals surface area contributed by atoms with Gasteiger partial charge in [0.1, 0.15) is 5.60 Å². The molecule has 146 valence electrons. The Balaban J connectivity index is 1.89. The molecule has 9 nitrogen and oxygen atoms in total. The Kier molecular flexibility index (Phi) is 6.32. The van der Waals surface area contributed by atoms with Crippen LogP contribution in [-0.4, -0.2) is 63.6 Å². The highest BCUT2D eigenvalue weighted by atomic mass is 32.1. The van der Waals surface area contributed by atoms with Crippen LogP contribution in [0.3, 0.4) is 0 Å². The molecular formula is C17H22N4O5S. The summed E-state index contributed by atoms with van der Waals surface area (Å²) in [6, 6.07) is 5.42. The summed E-state index contributed by atoms with van der Waals surface area (Å²) in [5, 5.41) is 13.6. The van der Waals surface area contributed by atoms with Gasteiger partial charge in [-0.15, -0.1) is 0 Å². The van der Waals surface area contributed by atoms with Crippen molar-refractivity contribution in [2.24, 2.45) is 0 Å². The molecule has 27 heavy (non-hydrogen) atoms. The monoisotopic (exact) mass is 394 g/mol. The number of nitro groups is 1. The van der Waals surface area contributed by atoms with Gasteiger partial charge in [0.25, 0.3) is 11.6 Å². The van der Waals surface area contributed by atoms with Gasteiger partial charge in [0.15, 0.2) is 5.11 Å². The molecule has 10 heteroatoms. The normalized spacial score (nSPS) is 14.5. The summed E-state index contributed by atoms with van der Waals surface area (Å²) in [6.07, 6.45) is -0.381. The molecule has 1 aromatic rings. The zero-order chi connectivity index (χ0) is 20.2. The zero-order valence-corrected chi connectivity index (χ0v) is 16.2. The van der Waals surface area contributed by atoms with Crippen LogP contribution in [0.2, 0.25) is 0 Å². The van der Waals surface area contributed by atoms with Crippen LogP contribution in [0.15, 0.2) is 24.3 Å². The van der Waals surface area contributed by atoms with E-state index in [4.69, 9.17) is 17.0 Å². The number of hydrogen-bond acceptors (Lipinski definition) is 6. The highest BCUT2D eigenvalue weighted by Gasteiger charge is 2.27. The minimum absolute atomic E-state index is 0.152. The van der Waals surface area contributed by atoms with Gasteiger partial charge in [0.05, 0.1) is 4.92 Å². The number of amides is 2. The van der Waals surface area contributed by atoms with Crippen LogP contribution >= 0.6 is 12.2 Å². The Morgan fingerprint density at radius 3 is 2.33 bits per heavy atom. The van der Waals surface area contributed by atoms with Crippen molar-refractivity contribution < 1.29 is 19.2 Å². The number of nitrogens with one attached hydrogen (secondary N) is 1. The molecule has 1 N–H and O–H groups in total. The molecule has 0 saturated carbocycles. The van der Waals surface area contributed by atoms with Crippen molar-refractivity contribution in [1.82, 2.24) is 15.1 Å². The molecule has 2 rings (SSSR count). The summed E-state index contributed by atoms with van der Waals surface area (Å²) in [6.45, 7) is 7.16. The average molecular weight is 394 g/mol. The number of nitro benzene ring substituents is 1. The first kappa shape index (κ1) is 20.6. The summed E-state index contributed by atoms with van der Waals surface area (Å²) in [5.41, 5.74) is -0.575. The van der Waals surface area contributed by atoms with Crippen LogP contribution in [0.25, 0.3) is 0 Å². The largest absolute Gasteiger partial charge is 0.444 e. The van der Waals surface area contributed by atoms with Gasteiger partial charge in [0.2, 0.25) is 0 Å². The smallest absolute Gasteiger partial charge is 0.410 e. The Bertz CT molecular complexity index is 754. The number of ether oxygens (including phenoxy) is 1. The number of thiocarbonyl (C=S) groups is 1. The van der Waals surface area contributed by atoms with Gasteiger partial charge < -0.3 is 14.5 Å². The minimum atomic E-state index is -0.564. The maximum absolute atomic E-state index is 12.3. The molecule has 0 bridgehead atoms. The van der Waals surface area contributed by atoms with Crippen molar-refractivity contribution in [3.63, 3.8) is 0 Å². The van der Waals surface area contributed by atoms with E-state index in [1.165, 1.54) is 24.3 Å². The van der Waals surface area contributed by atoms with Gasteiger partial charge in [-0.3, -0.25) is 20.2 Å². The molecule has 1 heterocycles. The van der Waals surface area contributed by atoms with Crippen molar-refractivity contribution in [3.8, 4) is 0 Å². The molecule has 0 radical (unpaired) electrons. The van der Waals surface area contributed by atoms with Crippen LogP contribution < -0.4 is 5.32 Å². The summed E-state index contributed by atoms with van der Waals surface area (Å²) < 4.78 is 5.34. The molecule has 2 amide bonds. The third-order valence-electron chi connectivity index (χ3n) is 3.76. The van der Waals surface area contributed by atoms with E-state index in [9.17, 15) is 19.7 Å². The lowest BCUT2D eigenvalue weighted by molar-refractivity contribution is -0.384. The fourth-order valence-corrected chi connectivity index (χ4v) is 2.70. The lowest BCUT2D eigenvalue weighted by Crippen LogP contribution is -2.54. The topological polar surface area (TPSA) is 105 Å². The number of carbonyl (C=O) groups excluding carboxylic acids is 2. The van der Waals surface area contributed by atoms with Gasteiger partial charge in [-0.1, -0.05) is 6.07 Å². The average Bonchev–Trinajstić information content (AvgIpc) is 2.60. The molecule has 0 unspecified atom stereocenters. The van der Waals surface area contributed by atoms with Crippen LogP contribution in [-0.2, 0) is 4.74 Å². The van der Waals surface area contributed by atoms with Gasteiger partial charge in [-0.05, 0) is 39.1 Å². The molecule has 1 saturated heterocycles. The lowest BCUT2D eigenvalue weighted by Gasteiger charge is -2.36. The maximum atomic E-state index is 12.3. The maximum Gasteiger partial charge on any atom is 0.410 e. The summed E-state index contributed by atoms with van der Waals surface area (Å²) >= 11 is 5.25. The molecule has 0 aromatic heterocycles. The van der Waals surface area contributed by atoms with E-state index >= 15 is 0 Å². The van der Waals surface area contributed by atoms with Crippen molar-refractivity contribution >= 4 is 35.0 Å². The summed E-state index contributed by atoms with van der Waals surface area (Å²) in [7, 11) is 0. The van der Waals surface area contributed by atoms with Crippen molar-refractivity contribution in [3.05, 3.63) is 39.9 Å². The number of rotatable bonds is 2. The van der Waals surface area contributed by atoms with E-state index in [-0.39, 0.29) is 22.5 Å². The van der Waals surface area contributed by atoms with Crippen LogP contribution in [0.1, 0.15) is 31.1 Å². The first-order chi connectivity index (χ1) is 12.6. The van der Waals surface area contributed by atoms with Crippen molar-refractivity contribution in [2.45, 2.75) is 26.4 Å². The summed E-state index contributed by atoms with van der Waals surface area (Å²) in [4.78, 5) is 37.9. The Hall–Kier alpha value is -2.75. The number of non-ortho nitro benzene ring substituents is 1. The van der Waals surface area contributed by atoms with E-state index in [1.54, 1.807) is 30.6 Å². The van der Waals surface area contributed by atoms with E-state index in [1.807, 2.05) is 0 Å². The Labute approximate surface area is 162 Å². The van der Waals surface area contributed by atoms with Gasteiger partial charge in [0, 0.05) is 43.9 Å². The zero-order valence-electron chi connectivity index (χ0n) is 15.4. The first-order valence-electron chi connectivity index (χ1n) is 8.39. The van der Waals surface area contributed by atoms with E-state index in [0.717, 1.165) is 0 Å². The second-order valence-corrected chi connectivity index (χ2v) is 7.41. The number of benzene rings is 1. The highest BCUT2D eigenvalue weighted by molar-refractivity contribution is 7.80. The van der Waals surface area contributed by atoms with Gasteiger partial charge in [-0.25, -0.2) is 4.79 Å². The Morgan fingerprint density at radius 2 is 1.78 bits per heavy atom. The van der Waals surface area contributed by atoms with Crippen LogP contribution in [0.5, 0.6) is 0 Å². The van der Waals surface area contributed by atoms with Crippen molar-refractivity contribution in [2.75, 3.05) is 26.2 Å². The predicted molar refractivity (Wildman–Crippen MR) is 103 cm³/mol. The lowest BCUT2D eigenvalue weighted by atomic mass is 10.2.